The lowest BCUT2D eigenvalue weighted by atomic mass is 10.2. The molecule has 0 radical (unpaired) electrons. The van der Waals surface area contributed by atoms with E-state index in [9.17, 15) is 19.3 Å². The maximum Gasteiger partial charge on any atom is 0.311 e. The largest absolute Gasteiger partial charge is 0.461 e. The zero-order valence-corrected chi connectivity index (χ0v) is 12.7. The number of anilines is 2. The Morgan fingerprint density at radius 2 is 2.00 bits per heavy atom. The molecule has 24 heavy (non-hydrogen) atoms. The summed E-state index contributed by atoms with van der Waals surface area (Å²) in [7, 11) is 0. The lowest BCUT2D eigenvalue weighted by molar-refractivity contribution is -0.384. The third-order valence-corrected chi connectivity index (χ3v) is 2.91. The molecule has 0 atom stereocenters. The van der Waals surface area contributed by atoms with Crippen LogP contribution in [0.5, 0.6) is 5.88 Å². The van der Waals surface area contributed by atoms with Crippen molar-refractivity contribution < 1.29 is 23.6 Å². The molecule has 0 unspecified atom stereocenters. The van der Waals surface area contributed by atoms with Crippen LogP contribution < -0.4 is 10.1 Å². The van der Waals surface area contributed by atoms with Crippen LogP contribution in [0.2, 0.25) is 0 Å². The lowest BCUT2D eigenvalue weighted by Gasteiger charge is -2.09. The average Bonchev–Trinajstić information content (AvgIpc) is 2.54. The van der Waals surface area contributed by atoms with Crippen LogP contribution in [0, 0.1) is 10.1 Å². The molecule has 0 aliphatic heterocycles. The molecule has 9 heteroatoms. The molecule has 2 aromatic rings. The number of hydrogen-bond acceptors (Lipinski definition) is 7. The van der Waals surface area contributed by atoms with Crippen LogP contribution in [0.4, 0.5) is 21.6 Å². The van der Waals surface area contributed by atoms with E-state index < -0.39 is 11.8 Å². The van der Waals surface area contributed by atoms with E-state index in [1.807, 2.05) is 0 Å². The van der Waals surface area contributed by atoms with Crippen molar-refractivity contribution in [2.24, 2.45) is 0 Å². The third-order valence-electron chi connectivity index (χ3n) is 2.91. The number of rotatable bonds is 7. The monoisotopic (exact) mass is 335 g/mol. The van der Waals surface area contributed by atoms with Gasteiger partial charge in [0.15, 0.2) is 0 Å². The fourth-order valence-corrected chi connectivity index (χ4v) is 1.82. The van der Waals surface area contributed by atoms with E-state index in [2.05, 4.69) is 15.0 Å². The molecule has 0 saturated heterocycles. The number of halogens is 1. The molecule has 1 heterocycles. The Morgan fingerprint density at radius 1 is 1.29 bits per heavy atom. The zero-order chi connectivity index (χ0) is 17.5. The number of benzene rings is 1. The minimum atomic E-state index is -1.09. The van der Waals surface area contributed by atoms with E-state index in [-0.39, 0.29) is 30.0 Å². The number of pyridine rings is 1. The van der Waals surface area contributed by atoms with Crippen LogP contribution in [0.1, 0.15) is 12.5 Å². The minimum Gasteiger partial charge on any atom is -0.461 e. The lowest BCUT2D eigenvalue weighted by Crippen LogP contribution is -2.02. The maximum absolute atomic E-state index is 12.2. The number of nitrogens with zero attached hydrogens (tertiary/aromatic N) is 2. The van der Waals surface area contributed by atoms with Gasteiger partial charge in [0.25, 0.3) is 0 Å². The van der Waals surface area contributed by atoms with Gasteiger partial charge in [-0.15, -0.1) is 0 Å². The molecule has 2 rings (SSSR count). The molecule has 1 N–H and O–H groups in total. The van der Waals surface area contributed by atoms with E-state index in [1.54, 1.807) is 24.3 Å². The number of aromatic nitrogens is 1. The first-order chi connectivity index (χ1) is 11.5. The van der Waals surface area contributed by atoms with Gasteiger partial charge in [-0.25, -0.2) is 4.39 Å². The Labute approximate surface area is 136 Å². The van der Waals surface area contributed by atoms with Crippen LogP contribution in [0.25, 0.3) is 0 Å². The molecule has 0 amide bonds. The van der Waals surface area contributed by atoms with Crippen LogP contribution in [-0.2, 0) is 16.1 Å². The average molecular weight is 335 g/mol. The van der Waals surface area contributed by atoms with Crippen LogP contribution >= 0.6 is 0 Å². The van der Waals surface area contributed by atoms with E-state index in [0.29, 0.717) is 5.69 Å². The van der Waals surface area contributed by atoms with Crippen molar-refractivity contribution in [1.82, 2.24) is 4.98 Å². The molecular weight excluding hydrogens is 321 g/mol. The molecule has 126 valence electrons. The molecule has 0 fully saturated rings. The highest BCUT2D eigenvalue weighted by Gasteiger charge is 2.17. The van der Waals surface area contributed by atoms with Gasteiger partial charge in [0, 0.05) is 24.7 Å². The predicted octanol–water partition coefficient (Wildman–Crippen LogP) is 3.10. The fourth-order valence-electron chi connectivity index (χ4n) is 1.82. The smallest absolute Gasteiger partial charge is 0.311 e. The SMILES string of the molecule is CC(=O)OCc1ccc(Nc2nc(OCF)ccc2[N+](=O)[O-])cc1. The predicted molar refractivity (Wildman–Crippen MR) is 82.7 cm³/mol. The van der Waals surface area contributed by atoms with Crippen molar-refractivity contribution in [1.29, 1.82) is 0 Å². The summed E-state index contributed by atoms with van der Waals surface area (Å²) in [6.45, 7) is 0.357. The number of alkyl halides is 1. The number of carbonyl (C=O) groups is 1. The number of esters is 1. The van der Waals surface area contributed by atoms with Gasteiger partial charge in [-0.05, 0) is 17.7 Å². The van der Waals surface area contributed by atoms with Gasteiger partial charge in [0.05, 0.1) is 4.92 Å². The summed E-state index contributed by atoms with van der Waals surface area (Å²) in [5.41, 5.74) is 1.01. The van der Waals surface area contributed by atoms with Crippen molar-refractivity contribution in [2.75, 3.05) is 12.2 Å². The van der Waals surface area contributed by atoms with Gasteiger partial charge in [-0.2, -0.15) is 4.98 Å². The summed E-state index contributed by atoms with van der Waals surface area (Å²) < 4.78 is 21.7. The van der Waals surface area contributed by atoms with Crippen molar-refractivity contribution in [3.63, 3.8) is 0 Å². The second-order valence-electron chi connectivity index (χ2n) is 4.63. The molecule has 0 bridgehead atoms. The molecular formula is C15H14FN3O5. The first kappa shape index (κ1) is 17.1. The number of nitro groups is 1. The highest BCUT2D eigenvalue weighted by molar-refractivity contribution is 5.67. The third kappa shape index (κ3) is 4.63. The zero-order valence-electron chi connectivity index (χ0n) is 12.7. The first-order valence-corrected chi connectivity index (χ1v) is 6.83. The second kappa shape index (κ2) is 7.86. The van der Waals surface area contributed by atoms with Crippen molar-refractivity contribution in [3.8, 4) is 5.88 Å². The van der Waals surface area contributed by atoms with E-state index in [0.717, 1.165) is 5.56 Å². The van der Waals surface area contributed by atoms with Crippen LogP contribution in [-0.4, -0.2) is 22.7 Å². The molecule has 8 nitrogen and oxygen atoms in total. The second-order valence-corrected chi connectivity index (χ2v) is 4.63. The van der Waals surface area contributed by atoms with Crippen molar-refractivity contribution in [2.45, 2.75) is 13.5 Å². The standard InChI is InChI=1S/C15H14FN3O5/c1-10(20)23-8-11-2-4-12(5-3-11)17-15-13(19(21)22)6-7-14(18-15)24-9-16/h2-7H,8-9H2,1H3,(H,17,18). The number of nitrogens with one attached hydrogen (secondary N) is 1. The summed E-state index contributed by atoms with van der Waals surface area (Å²) in [5.74, 6) is -0.530. The molecule has 0 aliphatic carbocycles. The summed E-state index contributed by atoms with van der Waals surface area (Å²) in [6.07, 6.45) is 0. The Kier molecular flexibility index (Phi) is 5.61. The van der Waals surface area contributed by atoms with Gasteiger partial charge < -0.3 is 14.8 Å². The Balaban J connectivity index is 2.18. The summed E-state index contributed by atoms with van der Waals surface area (Å²) >= 11 is 0. The Bertz CT molecular complexity index is 736. The molecule has 0 saturated carbocycles. The van der Waals surface area contributed by atoms with E-state index in [4.69, 9.17) is 4.74 Å². The van der Waals surface area contributed by atoms with Gasteiger partial charge in [0.2, 0.25) is 18.6 Å². The number of hydrogen-bond donors (Lipinski definition) is 1. The first-order valence-electron chi connectivity index (χ1n) is 6.83. The molecule has 0 spiro atoms. The maximum atomic E-state index is 12.2. The van der Waals surface area contributed by atoms with E-state index in [1.165, 1.54) is 19.1 Å². The topological polar surface area (TPSA) is 104 Å². The minimum absolute atomic E-state index is 0.0707. The fraction of sp³-hybridized carbons (Fsp3) is 0.200. The van der Waals surface area contributed by atoms with E-state index >= 15 is 0 Å². The normalized spacial score (nSPS) is 10.1. The van der Waals surface area contributed by atoms with Gasteiger partial charge in [-0.1, -0.05) is 12.1 Å². The Morgan fingerprint density at radius 3 is 2.58 bits per heavy atom. The highest BCUT2D eigenvalue weighted by atomic mass is 19.1. The van der Waals surface area contributed by atoms with Crippen LogP contribution in [0.3, 0.4) is 0 Å². The quantitative estimate of drug-likeness (QED) is 0.471. The van der Waals surface area contributed by atoms with Gasteiger partial charge in [0.1, 0.15) is 6.61 Å². The number of carbonyl (C=O) groups excluding carboxylic acids is 1. The number of ether oxygens (including phenoxy) is 2. The van der Waals surface area contributed by atoms with Crippen LogP contribution in [0.15, 0.2) is 36.4 Å². The van der Waals surface area contributed by atoms with Crippen molar-refractivity contribution >= 4 is 23.2 Å². The van der Waals surface area contributed by atoms with Gasteiger partial charge in [-0.3, -0.25) is 14.9 Å². The Hall–Kier alpha value is -3.23. The molecule has 0 aliphatic rings. The van der Waals surface area contributed by atoms with Gasteiger partial charge >= 0.3 is 11.7 Å². The summed E-state index contributed by atoms with van der Waals surface area (Å²) in [6, 6.07) is 9.07. The van der Waals surface area contributed by atoms with Crippen molar-refractivity contribution in [3.05, 3.63) is 52.1 Å². The summed E-state index contributed by atoms with van der Waals surface area (Å²) in [4.78, 5) is 25.1. The molecule has 1 aromatic carbocycles. The summed E-state index contributed by atoms with van der Waals surface area (Å²) in [5, 5.41) is 13.8. The highest BCUT2D eigenvalue weighted by Crippen LogP contribution is 2.28. The molecule has 1 aromatic heterocycles.